The molecule has 3 aliphatic carbocycles. The molecule has 0 spiro atoms. The summed E-state index contributed by atoms with van der Waals surface area (Å²) in [5.41, 5.74) is 2.92. The van der Waals surface area contributed by atoms with Crippen LogP contribution in [0.5, 0.6) is 5.75 Å². The summed E-state index contributed by atoms with van der Waals surface area (Å²) in [6, 6.07) is 7.24. The van der Waals surface area contributed by atoms with Gasteiger partial charge in [0.25, 0.3) is 0 Å². The molecule has 5 rings (SSSR count). The van der Waals surface area contributed by atoms with Crippen molar-refractivity contribution in [2.24, 2.45) is 23.7 Å². The number of hydrogen-bond donors (Lipinski definition) is 0. The highest BCUT2D eigenvalue weighted by atomic mass is 16.5. The first-order valence-electron chi connectivity index (χ1n) is 10.5. The van der Waals surface area contributed by atoms with Gasteiger partial charge in [-0.05, 0) is 73.2 Å². The maximum absolute atomic E-state index is 12.9. The summed E-state index contributed by atoms with van der Waals surface area (Å²) in [6.07, 6.45) is 5.83. The molecule has 1 aliphatic heterocycles. The van der Waals surface area contributed by atoms with Gasteiger partial charge >= 0.3 is 0 Å². The molecule has 2 saturated carbocycles. The molecule has 5 atom stereocenters. The van der Waals surface area contributed by atoms with Gasteiger partial charge < -0.3 is 4.74 Å². The lowest BCUT2D eigenvalue weighted by Gasteiger charge is -2.61. The monoisotopic (exact) mass is 353 g/mol. The van der Waals surface area contributed by atoms with Gasteiger partial charge in [-0.15, -0.1) is 0 Å². The first-order chi connectivity index (χ1) is 12.5. The second-order valence-electron chi connectivity index (χ2n) is 9.46. The number of likely N-dealkylation sites (tertiary alicyclic amines) is 1. The number of piperidine rings is 1. The van der Waals surface area contributed by atoms with Crippen molar-refractivity contribution in [1.29, 1.82) is 0 Å². The second kappa shape index (κ2) is 5.82. The predicted molar refractivity (Wildman–Crippen MR) is 103 cm³/mol. The second-order valence-corrected chi connectivity index (χ2v) is 9.46. The van der Waals surface area contributed by atoms with Gasteiger partial charge in [-0.1, -0.05) is 19.9 Å². The van der Waals surface area contributed by atoms with E-state index in [9.17, 15) is 4.79 Å². The van der Waals surface area contributed by atoms with E-state index in [-0.39, 0.29) is 11.3 Å². The van der Waals surface area contributed by atoms with E-state index in [1.165, 1.54) is 30.5 Å². The highest BCUT2D eigenvalue weighted by Gasteiger charge is 2.59. The van der Waals surface area contributed by atoms with Crippen molar-refractivity contribution >= 4 is 5.78 Å². The van der Waals surface area contributed by atoms with Gasteiger partial charge in [-0.2, -0.15) is 0 Å². The third kappa shape index (κ3) is 2.32. The number of ether oxygens (including phenoxy) is 1. The Bertz CT molecular complexity index is 740. The topological polar surface area (TPSA) is 29.5 Å². The molecule has 0 radical (unpaired) electrons. The Morgan fingerprint density at radius 1 is 1.27 bits per heavy atom. The number of fused-ring (bicyclic) bond motifs is 1. The van der Waals surface area contributed by atoms with Crippen molar-refractivity contribution in [2.75, 3.05) is 20.2 Å². The van der Waals surface area contributed by atoms with Crippen molar-refractivity contribution in [3.63, 3.8) is 0 Å². The van der Waals surface area contributed by atoms with Gasteiger partial charge in [0.1, 0.15) is 11.5 Å². The van der Waals surface area contributed by atoms with Crippen LogP contribution in [0.2, 0.25) is 0 Å². The Morgan fingerprint density at radius 3 is 2.81 bits per heavy atom. The molecule has 0 amide bonds. The van der Waals surface area contributed by atoms with Crippen molar-refractivity contribution in [3.05, 3.63) is 29.3 Å². The van der Waals surface area contributed by atoms with Gasteiger partial charge in [0, 0.05) is 30.3 Å². The van der Waals surface area contributed by atoms with Crippen LogP contribution in [0.4, 0.5) is 0 Å². The first-order valence-corrected chi connectivity index (χ1v) is 10.5. The number of nitrogens with zero attached hydrogens (tertiary/aromatic N) is 1. The van der Waals surface area contributed by atoms with Crippen molar-refractivity contribution in [1.82, 2.24) is 4.90 Å². The third-order valence-corrected chi connectivity index (χ3v) is 8.19. The fourth-order valence-corrected chi connectivity index (χ4v) is 6.48. The van der Waals surface area contributed by atoms with Gasteiger partial charge in [0.2, 0.25) is 0 Å². The predicted octanol–water partition coefficient (Wildman–Crippen LogP) is 3.83. The quantitative estimate of drug-likeness (QED) is 0.827. The molecule has 0 N–H and O–H groups in total. The molecule has 2 bridgehead atoms. The molecule has 26 heavy (non-hydrogen) atoms. The number of methoxy groups -OCH3 is 1. The summed E-state index contributed by atoms with van der Waals surface area (Å²) >= 11 is 0. The van der Waals surface area contributed by atoms with Gasteiger partial charge in [0.05, 0.1) is 7.11 Å². The normalized spacial score (nSPS) is 39.3. The molecule has 1 aromatic rings. The highest BCUT2D eigenvalue weighted by Crippen LogP contribution is 2.58. The summed E-state index contributed by atoms with van der Waals surface area (Å²) in [7, 11) is 1.75. The Labute approximate surface area is 157 Å². The van der Waals surface area contributed by atoms with E-state index in [1.807, 2.05) is 0 Å². The molecule has 140 valence electrons. The van der Waals surface area contributed by atoms with E-state index in [0.29, 0.717) is 23.7 Å². The minimum atomic E-state index is 0.0376. The number of hydrogen-bond acceptors (Lipinski definition) is 3. The highest BCUT2D eigenvalue weighted by molar-refractivity contribution is 5.84. The number of carbonyl (C=O) groups excluding carboxylic acids is 1. The number of rotatable bonds is 3. The largest absolute Gasteiger partial charge is 0.497 e. The standard InChI is InChI=1S/C23H31NO2/c1-14-15(2)22-20-10-17-6-7-18(26-3)11-19(17)23(22,12-21(14)25)8-9-24(20)13-16-4-5-16/h6-7,11,14-16,20,22H,4-5,8-10,12-13H2,1-3H3/t14?,15?,20-,22+,23-/m1/s1. The van der Waals surface area contributed by atoms with Crippen LogP contribution in [-0.2, 0) is 16.6 Å². The van der Waals surface area contributed by atoms with Crippen LogP contribution in [0.15, 0.2) is 18.2 Å². The molecular weight excluding hydrogens is 322 g/mol. The molecule has 3 nitrogen and oxygen atoms in total. The average Bonchev–Trinajstić information content (AvgIpc) is 3.46. The maximum atomic E-state index is 12.9. The maximum Gasteiger partial charge on any atom is 0.136 e. The minimum Gasteiger partial charge on any atom is -0.497 e. The van der Waals surface area contributed by atoms with E-state index in [2.05, 4.69) is 36.9 Å². The van der Waals surface area contributed by atoms with E-state index >= 15 is 0 Å². The van der Waals surface area contributed by atoms with Crippen LogP contribution >= 0.6 is 0 Å². The smallest absolute Gasteiger partial charge is 0.136 e. The fourth-order valence-electron chi connectivity index (χ4n) is 6.48. The Hall–Kier alpha value is -1.35. The summed E-state index contributed by atoms with van der Waals surface area (Å²) < 4.78 is 5.56. The SMILES string of the molecule is COc1ccc2c(c1)[C@]13CCN(CC4CC4)[C@H](C2)[C@@H]1C(C)C(C)C(=O)C3. The zero-order valence-electron chi connectivity index (χ0n) is 16.3. The third-order valence-electron chi connectivity index (χ3n) is 8.19. The molecule has 1 heterocycles. The molecule has 4 aliphatic rings. The van der Waals surface area contributed by atoms with Gasteiger partial charge in [-0.25, -0.2) is 0 Å². The van der Waals surface area contributed by atoms with E-state index in [1.54, 1.807) is 7.11 Å². The van der Waals surface area contributed by atoms with Crippen LogP contribution in [0.3, 0.4) is 0 Å². The summed E-state index contributed by atoms with van der Waals surface area (Å²) in [5.74, 6) is 3.60. The van der Waals surface area contributed by atoms with Gasteiger partial charge in [0.15, 0.2) is 0 Å². The van der Waals surface area contributed by atoms with Crippen LogP contribution in [0, 0.1) is 23.7 Å². The van der Waals surface area contributed by atoms with Crippen molar-refractivity contribution in [2.45, 2.75) is 57.4 Å². The zero-order chi connectivity index (χ0) is 18.1. The lowest BCUT2D eigenvalue weighted by atomic mass is 9.47. The lowest BCUT2D eigenvalue weighted by molar-refractivity contribution is -0.138. The van der Waals surface area contributed by atoms with Crippen LogP contribution in [0.1, 0.15) is 50.7 Å². The number of ketones is 1. The molecule has 0 aromatic heterocycles. The van der Waals surface area contributed by atoms with Crippen LogP contribution < -0.4 is 4.74 Å². The average molecular weight is 354 g/mol. The van der Waals surface area contributed by atoms with Crippen molar-refractivity contribution < 1.29 is 9.53 Å². The van der Waals surface area contributed by atoms with E-state index in [4.69, 9.17) is 4.74 Å². The zero-order valence-corrected chi connectivity index (χ0v) is 16.3. The fraction of sp³-hybridized carbons (Fsp3) is 0.696. The van der Waals surface area contributed by atoms with Crippen LogP contribution in [0.25, 0.3) is 0 Å². The Kier molecular flexibility index (Phi) is 3.76. The van der Waals surface area contributed by atoms with Gasteiger partial charge in [-0.3, -0.25) is 9.69 Å². The van der Waals surface area contributed by atoms with Crippen molar-refractivity contribution in [3.8, 4) is 5.75 Å². The summed E-state index contributed by atoms with van der Waals surface area (Å²) in [6.45, 7) is 6.95. The molecule has 1 saturated heterocycles. The number of benzene rings is 1. The van der Waals surface area contributed by atoms with Crippen LogP contribution in [-0.4, -0.2) is 36.9 Å². The molecule has 2 unspecified atom stereocenters. The molecular formula is C23H31NO2. The Balaban J connectivity index is 1.63. The first kappa shape index (κ1) is 16.8. The van der Waals surface area contributed by atoms with E-state index in [0.717, 1.165) is 37.5 Å². The Morgan fingerprint density at radius 2 is 2.08 bits per heavy atom. The lowest BCUT2D eigenvalue weighted by Crippen LogP contribution is -2.65. The summed E-state index contributed by atoms with van der Waals surface area (Å²) in [5, 5.41) is 0. The molecule has 3 heteroatoms. The summed E-state index contributed by atoms with van der Waals surface area (Å²) in [4.78, 5) is 15.7. The van der Waals surface area contributed by atoms with E-state index < -0.39 is 0 Å². The number of carbonyl (C=O) groups is 1. The molecule has 1 aromatic carbocycles. The number of Topliss-reactive ketones (excluding diaryl/α,β-unsaturated/α-hetero) is 1. The minimum absolute atomic E-state index is 0.0376. The molecule has 3 fully saturated rings.